The number of benzene rings is 2. The molecular formula is C31H26Cl2N2O5S. The van der Waals surface area contributed by atoms with Crippen molar-refractivity contribution in [3.8, 4) is 6.07 Å². The monoisotopic (exact) mass is 608 g/mol. The van der Waals surface area contributed by atoms with Crippen molar-refractivity contribution in [2.45, 2.75) is 33.7 Å². The Morgan fingerprint density at radius 3 is 2.41 bits per heavy atom. The van der Waals surface area contributed by atoms with Crippen LogP contribution in [-0.4, -0.2) is 35.5 Å². The third-order valence-corrected chi connectivity index (χ3v) is 8.37. The highest BCUT2D eigenvalue weighted by atomic mass is 35.5. The highest BCUT2D eigenvalue weighted by Crippen LogP contribution is 2.32. The summed E-state index contributed by atoms with van der Waals surface area (Å²) in [5, 5.41) is 11.7. The molecule has 0 fully saturated rings. The summed E-state index contributed by atoms with van der Waals surface area (Å²) >= 11 is 13.3. The van der Waals surface area contributed by atoms with Crippen LogP contribution in [0.3, 0.4) is 0 Å². The Morgan fingerprint density at radius 1 is 1.02 bits per heavy atom. The third kappa shape index (κ3) is 6.54. The van der Waals surface area contributed by atoms with Gasteiger partial charge in [0.15, 0.2) is 5.78 Å². The van der Waals surface area contributed by atoms with Gasteiger partial charge in [-0.05, 0) is 56.2 Å². The molecule has 0 aliphatic rings. The second-order valence-electron chi connectivity index (χ2n) is 9.04. The summed E-state index contributed by atoms with van der Waals surface area (Å²) < 4.78 is 12.3. The number of hydrogen-bond donors (Lipinski definition) is 0. The van der Waals surface area contributed by atoms with E-state index in [1.165, 1.54) is 0 Å². The van der Waals surface area contributed by atoms with Crippen LogP contribution in [0.4, 0.5) is 0 Å². The van der Waals surface area contributed by atoms with Crippen molar-refractivity contribution < 1.29 is 23.9 Å². The van der Waals surface area contributed by atoms with Crippen LogP contribution in [0.15, 0.2) is 54.2 Å². The first-order valence-electron chi connectivity index (χ1n) is 12.8. The van der Waals surface area contributed by atoms with Crippen LogP contribution >= 0.6 is 34.5 Å². The number of rotatable bonds is 10. The van der Waals surface area contributed by atoms with Gasteiger partial charge in [0.1, 0.15) is 10.9 Å². The fourth-order valence-corrected chi connectivity index (χ4v) is 5.99. The number of allylic oxidation sites excluding steroid dienone is 1. The molecule has 0 aliphatic heterocycles. The number of Topliss-reactive ketones (excluding diaryl/α,β-unsaturated/α-hetero) is 1. The van der Waals surface area contributed by atoms with E-state index in [1.54, 1.807) is 39.0 Å². The molecule has 0 bridgehead atoms. The van der Waals surface area contributed by atoms with Gasteiger partial charge in [-0.15, -0.1) is 11.3 Å². The van der Waals surface area contributed by atoms with Crippen LogP contribution < -0.4 is 0 Å². The SMILES string of the molecule is CCOC(=O)c1sc(CC(=O)/C(C#N)=C/c2cn(Cc3ccc(Cl)c(Cl)c3)c3ccccc23)c(C(=O)OCC)c1C. The number of ketones is 1. The Labute approximate surface area is 251 Å². The van der Waals surface area contributed by atoms with Gasteiger partial charge in [-0.2, -0.15) is 5.26 Å². The maximum Gasteiger partial charge on any atom is 0.348 e. The number of thiophene rings is 1. The first kappa shape index (κ1) is 30.1. The van der Waals surface area contributed by atoms with Gasteiger partial charge in [0, 0.05) is 40.5 Å². The van der Waals surface area contributed by atoms with E-state index in [-0.39, 0.29) is 35.6 Å². The number of nitrogens with zero attached hydrogens (tertiary/aromatic N) is 2. The molecule has 0 unspecified atom stereocenters. The van der Waals surface area contributed by atoms with Crippen molar-refractivity contribution in [2.24, 2.45) is 0 Å². The smallest absolute Gasteiger partial charge is 0.348 e. The van der Waals surface area contributed by atoms with Gasteiger partial charge < -0.3 is 14.0 Å². The van der Waals surface area contributed by atoms with E-state index in [0.717, 1.165) is 27.8 Å². The van der Waals surface area contributed by atoms with Crippen LogP contribution in [0.1, 0.15) is 55.4 Å². The Balaban J connectivity index is 1.70. The summed E-state index contributed by atoms with van der Waals surface area (Å²) in [6.45, 7) is 5.77. The van der Waals surface area contributed by atoms with Crippen LogP contribution in [0.25, 0.3) is 17.0 Å². The van der Waals surface area contributed by atoms with E-state index in [0.29, 0.717) is 32.6 Å². The molecule has 0 N–H and O–H groups in total. The topological polar surface area (TPSA) is 98.4 Å². The van der Waals surface area contributed by atoms with E-state index < -0.39 is 17.7 Å². The van der Waals surface area contributed by atoms with Crippen LogP contribution in [0.2, 0.25) is 10.0 Å². The number of para-hydroxylation sites is 1. The molecule has 2 heterocycles. The van der Waals surface area contributed by atoms with Crippen molar-refractivity contribution in [1.82, 2.24) is 4.57 Å². The first-order chi connectivity index (χ1) is 19.7. The summed E-state index contributed by atoms with van der Waals surface area (Å²) in [4.78, 5) is 39.2. The minimum Gasteiger partial charge on any atom is -0.462 e. The van der Waals surface area contributed by atoms with E-state index in [1.807, 2.05) is 47.2 Å². The predicted octanol–water partition coefficient (Wildman–Crippen LogP) is 7.44. The number of carbonyl (C=O) groups is 3. The molecule has 0 saturated heterocycles. The highest BCUT2D eigenvalue weighted by Gasteiger charge is 2.28. The van der Waals surface area contributed by atoms with Gasteiger partial charge in [0.05, 0.1) is 34.4 Å². The molecule has 0 saturated carbocycles. The molecule has 41 heavy (non-hydrogen) atoms. The normalized spacial score (nSPS) is 11.4. The van der Waals surface area contributed by atoms with Crippen molar-refractivity contribution >= 4 is 69.2 Å². The minimum absolute atomic E-state index is 0.0824. The zero-order valence-corrected chi connectivity index (χ0v) is 25.0. The molecule has 0 spiro atoms. The van der Waals surface area contributed by atoms with Gasteiger partial charge in [0.25, 0.3) is 0 Å². The van der Waals surface area contributed by atoms with Crippen LogP contribution in [0, 0.1) is 18.3 Å². The van der Waals surface area contributed by atoms with Gasteiger partial charge in [-0.25, -0.2) is 9.59 Å². The molecule has 0 aliphatic carbocycles. The lowest BCUT2D eigenvalue weighted by atomic mass is 10.0. The number of aromatic nitrogens is 1. The number of hydrogen-bond acceptors (Lipinski definition) is 7. The van der Waals surface area contributed by atoms with E-state index >= 15 is 0 Å². The Bertz CT molecular complexity index is 1730. The number of halogens is 2. The zero-order chi connectivity index (χ0) is 29.7. The largest absolute Gasteiger partial charge is 0.462 e. The number of fused-ring (bicyclic) bond motifs is 1. The van der Waals surface area contributed by atoms with E-state index in [4.69, 9.17) is 32.7 Å². The predicted molar refractivity (Wildman–Crippen MR) is 161 cm³/mol. The number of ether oxygens (including phenoxy) is 2. The fourth-order valence-electron chi connectivity index (χ4n) is 4.49. The third-order valence-electron chi connectivity index (χ3n) is 6.36. The molecule has 4 aromatic rings. The lowest BCUT2D eigenvalue weighted by molar-refractivity contribution is -0.114. The van der Waals surface area contributed by atoms with E-state index in [9.17, 15) is 19.6 Å². The number of carbonyl (C=O) groups excluding carboxylic acids is 3. The Morgan fingerprint density at radius 2 is 1.73 bits per heavy atom. The average molecular weight is 610 g/mol. The standard InChI is InChI=1S/C31H26Cl2N2O5S/c1-4-39-30(37)28-18(3)29(31(38)40-5-2)41-27(28)14-26(36)20(15-34)13-21-17-35(25-9-7-6-8-22(21)25)16-19-10-11-23(32)24(33)12-19/h6-13,17H,4-5,14,16H2,1-3H3/b20-13+. The zero-order valence-electron chi connectivity index (χ0n) is 22.6. The van der Waals surface area contributed by atoms with Crippen molar-refractivity contribution in [3.05, 3.63) is 96.3 Å². The lowest BCUT2D eigenvalue weighted by Crippen LogP contribution is -2.12. The Kier molecular flexibility index (Phi) is 9.66. The number of esters is 2. The first-order valence-corrected chi connectivity index (χ1v) is 14.4. The summed E-state index contributed by atoms with van der Waals surface area (Å²) in [6.07, 6.45) is 3.17. The molecule has 2 aromatic heterocycles. The molecule has 210 valence electrons. The van der Waals surface area contributed by atoms with E-state index in [2.05, 4.69) is 0 Å². The number of nitriles is 1. The molecule has 7 nitrogen and oxygen atoms in total. The van der Waals surface area contributed by atoms with Gasteiger partial charge >= 0.3 is 11.9 Å². The molecular weight excluding hydrogens is 583 g/mol. The van der Waals surface area contributed by atoms with Crippen molar-refractivity contribution in [3.63, 3.8) is 0 Å². The molecule has 4 rings (SSSR count). The van der Waals surface area contributed by atoms with Crippen LogP contribution in [0.5, 0.6) is 0 Å². The summed E-state index contributed by atoms with van der Waals surface area (Å²) in [5.74, 6) is -1.70. The van der Waals surface area contributed by atoms with Crippen molar-refractivity contribution in [2.75, 3.05) is 13.2 Å². The lowest BCUT2D eigenvalue weighted by Gasteiger charge is -2.06. The molecule has 2 aromatic carbocycles. The average Bonchev–Trinajstić information content (AvgIpc) is 3.46. The second kappa shape index (κ2) is 13.2. The van der Waals surface area contributed by atoms with Gasteiger partial charge in [0.2, 0.25) is 0 Å². The summed E-state index contributed by atoms with van der Waals surface area (Å²) in [6, 6.07) is 15.1. The fraction of sp³-hybridized carbons (Fsp3) is 0.226. The minimum atomic E-state index is -0.632. The van der Waals surface area contributed by atoms with Gasteiger partial charge in [-0.3, -0.25) is 4.79 Å². The molecule has 0 atom stereocenters. The second-order valence-corrected chi connectivity index (χ2v) is 11.0. The molecule has 0 radical (unpaired) electrons. The highest BCUT2D eigenvalue weighted by molar-refractivity contribution is 7.14. The Hall–Kier alpha value is -3.90. The maximum atomic E-state index is 13.4. The molecule has 0 amide bonds. The van der Waals surface area contributed by atoms with Crippen molar-refractivity contribution in [1.29, 1.82) is 5.26 Å². The summed E-state index contributed by atoms with van der Waals surface area (Å²) in [5.41, 5.74) is 2.99. The molecule has 10 heteroatoms. The summed E-state index contributed by atoms with van der Waals surface area (Å²) in [7, 11) is 0. The quantitative estimate of drug-likeness (QED) is 0.105. The van der Waals surface area contributed by atoms with Crippen LogP contribution in [-0.2, 0) is 27.2 Å². The maximum absolute atomic E-state index is 13.4. The van der Waals surface area contributed by atoms with Gasteiger partial charge in [-0.1, -0.05) is 47.5 Å².